The fraction of sp³-hybridized carbons (Fsp3) is 0.438. The molecule has 0 aromatic carbocycles. The molecule has 0 spiro atoms. The van der Waals surface area contributed by atoms with Gasteiger partial charge in [0.15, 0.2) is 0 Å². The number of carbonyl (C=O) groups is 1. The van der Waals surface area contributed by atoms with Gasteiger partial charge < -0.3 is 9.64 Å². The van der Waals surface area contributed by atoms with Gasteiger partial charge in [-0.2, -0.15) is 0 Å². The highest BCUT2D eigenvalue weighted by Gasteiger charge is 2.30. The number of rotatable bonds is 1. The van der Waals surface area contributed by atoms with Gasteiger partial charge in [-0.05, 0) is 32.4 Å². The molecule has 1 aliphatic heterocycles. The standard InChI is InChI=1S/C16H19N3O3/c1-10-4-5-14-17-6-13(16(21)19(14)7-10)15(20)18-8-12(3)22-9-11(18)2/h4-7,11-12H,8-9H2,1-3H3/t11-,12+/m1/s1. The lowest BCUT2D eigenvalue weighted by Gasteiger charge is -2.36. The van der Waals surface area contributed by atoms with Gasteiger partial charge in [-0.15, -0.1) is 0 Å². The van der Waals surface area contributed by atoms with E-state index in [1.807, 2.05) is 26.8 Å². The Hall–Kier alpha value is -2.21. The number of hydrogen-bond donors (Lipinski definition) is 0. The molecule has 2 aromatic heterocycles. The summed E-state index contributed by atoms with van der Waals surface area (Å²) in [7, 11) is 0. The summed E-state index contributed by atoms with van der Waals surface area (Å²) in [5.41, 5.74) is 1.25. The van der Waals surface area contributed by atoms with E-state index in [0.717, 1.165) is 5.56 Å². The van der Waals surface area contributed by atoms with E-state index in [-0.39, 0.29) is 29.2 Å². The number of nitrogens with zero attached hydrogens (tertiary/aromatic N) is 3. The van der Waals surface area contributed by atoms with Crippen LogP contribution in [0.1, 0.15) is 29.8 Å². The number of ether oxygens (including phenoxy) is 1. The van der Waals surface area contributed by atoms with Crippen molar-refractivity contribution in [3.05, 3.63) is 46.0 Å². The lowest BCUT2D eigenvalue weighted by Crippen LogP contribution is -2.51. The van der Waals surface area contributed by atoms with Crippen LogP contribution in [0.15, 0.2) is 29.3 Å². The van der Waals surface area contributed by atoms with Gasteiger partial charge in [0.1, 0.15) is 11.2 Å². The minimum atomic E-state index is -0.329. The summed E-state index contributed by atoms with van der Waals surface area (Å²) in [4.78, 5) is 31.2. The van der Waals surface area contributed by atoms with Crippen LogP contribution in [0.25, 0.3) is 5.65 Å². The van der Waals surface area contributed by atoms with Gasteiger partial charge in [0, 0.05) is 18.9 Å². The molecule has 2 atom stereocenters. The van der Waals surface area contributed by atoms with Crippen molar-refractivity contribution in [1.29, 1.82) is 0 Å². The normalized spacial score (nSPS) is 22.0. The van der Waals surface area contributed by atoms with Gasteiger partial charge in [-0.1, -0.05) is 6.07 Å². The van der Waals surface area contributed by atoms with E-state index in [0.29, 0.717) is 18.8 Å². The largest absolute Gasteiger partial charge is 0.375 e. The Balaban J connectivity index is 2.04. The Morgan fingerprint density at radius 1 is 1.36 bits per heavy atom. The van der Waals surface area contributed by atoms with Crippen LogP contribution in [0, 0.1) is 6.92 Å². The number of carbonyl (C=O) groups excluding carboxylic acids is 1. The third kappa shape index (κ3) is 2.50. The van der Waals surface area contributed by atoms with Gasteiger partial charge in [0.2, 0.25) is 0 Å². The monoisotopic (exact) mass is 301 g/mol. The summed E-state index contributed by atoms with van der Waals surface area (Å²) in [6.07, 6.45) is 3.05. The van der Waals surface area contributed by atoms with Crippen molar-refractivity contribution in [3.63, 3.8) is 0 Å². The zero-order chi connectivity index (χ0) is 15.9. The van der Waals surface area contributed by atoms with Crippen molar-refractivity contribution in [3.8, 4) is 0 Å². The van der Waals surface area contributed by atoms with Crippen LogP contribution in [-0.4, -0.2) is 45.5 Å². The van der Waals surface area contributed by atoms with Crippen molar-refractivity contribution in [2.24, 2.45) is 0 Å². The molecule has 3 heterocycles. The number of morpholine rings is 1. The molecule has 6 heteroatoms. The summed E-state index contributed by atoms with van der Waals surface area (Å²) < 4.78 is 6.96. The van der Waals surface area contributed by atoms with Crippen molar-refractivity contribution < 1.29 is 9.53 Å². The molecule has 0 radical (unpaired) electrons. The molecule has 0 saturated carbocycles. The molecule has 0 N–H and O–H groups in total. The highest BCUT2D eigenvalue weighted by atomic mass is 16.5. The SMILES string of the molecule is Cc1ccc2ncc(C(=O)N3C[C@H](C)OC[C@H]3C)c(=O)n2c1. The van der Waals surface area contributed by atoms with Crippen molar-refractivity contribution in [2.75, 3.05) is 13.2 Å². The van der Waals surface area contributed by atoms with Crippen molar-refractivity contribution in [2.45, 2.75) is 32.9 Å². The van der Waals surface area contributed by atoms with E-state index in [1.165, 1.54) is 10.6 Å². The Bertz CT molecular complexity index is 784. The zero-order valence-corrected chi connectivity index (χ0v) is 12.9. The van der Waals surface area contributed by atoms with Crippen LogP contribution in [0.4, 0.5) is 0 Å². The first kappa shape index (κ1) is 14.7. The number of amides is 1. The first-order valence-corrected chi connectivity index (χ1v) is 7.38. The number of pyridine rings is 1. The molecule has 0 aliphatic carbocycles. The fourth-order valence-electron chi connectivity index (χ4n) is 2.67. The molecule has 116 valence electrons. The number of fused-ring (bicyclic) bond motifs is 1. The van der Waals surface area contributed by atoms with Crippen LogP contribution < -0.4 is 5.56 Å². The smallest absolute Gasteiger partial charge is 0.270 e. The zero-order valence-electron chi connectivity index (χ0n) is 12.9. The molecule has 6 nitrogen and oxygen atoms in total. The summed E-state index contributed by atoms with van der Waals surface area (Å²) in [6.45, 7) is 6.69. The predicted molar refractivity (Wildman–Crippen MR) is 82.1 cm³/mol. The third-order valence-corrected chi connectivity index (χ3v) is 3.95. The average Bonchev–Trinajstić information content (AvgIpc) is 2.50. The Morgan fingerprint density at radius 2 is 2.14 bits per heavy atom. The number of aryl methyl sites for hydroxylation is 1. The van der Waals surface area contributed by atoms with E-state index >= 15 is 0 Å². The second-order valence-corrected chi connectivity index (χ2v) is 5.86. The van der Waals surface area contributed by atoms with Crippen LogP contribution in [-0.2, 0) is 4.74 Å². The summed E-state index contributed by atoms with van der Waals surface area (Å²) >= 11 is 0. The fourth-order valence-corrected chi connectivity index (χ4v) is 2.67. The van der Waals surface area contributed by atoms with Gasteiger partial charge in [0.25, 0.3) is 11.5 Å². The first-order chi connectivity index (χ1) is 10.5. The van der Waals surface area contributed by atoms with Gasteiger partial charge in [-0.3, -0.25) is 14.0 Å². The third-order valence-electron chi connectivity index (χ3n) is 3.95. The lowest BCUT2D eigenvalue weighted by molar-refractivity contribution is -0.0387. The van der Waals surface area contributed by atoms with Gasteiger partial charge in [0.05, 0.1) is 18.8 Å². The minimum absolute atomic E-state index is 0.0291. The topological polar surface area (TPSA) is 63.9 Å². The molecular weight excluding hydrogens is 282 g/mol. The number of aromatic nitrogens is 2. The average molecular weight is 301 g/mol. The quantitative estimate of drug-likeness (QED) is 0.795. The van der Waals surface area contributed by atoms with Gasteiger partial charge >= 0.3 is 0 Å². The van der Waals surface area contributed by atoms with E-state index in [9.17, 15) is 9.59 Å². The van der Waals surface area contributed by atoms with Crippen molar-refractivity contribution in [1.82, 2.24) is 14.3 Å². The Labute approximate surface area is 128 Å². The van der Waals surface area contributed by atoms with Crippen LogP contribution in [0.5, 0.6) is 0 Å². The second kappa shape index (κ2) is 5.53. The maximum absolute atomic E-state index is 12.7. The highest BCUT2D eigenvalue weighted by Crippen LogP contribution is 2.14. The second-order valence-electron chi connectivity index (χ2n) is 5.86. The van der Waals surface area contributed by atoms with E-state index in [4.69, 9.17) is 4.74 Å². The molecule has 0 bridgehead atoms. The molecule has 1 fully saturated rings. The number of hydrogen-bond acceptors (Lipinski definition) is 4. The Morgan fingerprint density at radius 3 is 2.91 bits per heavy atom. The molecule has 0 unspecified atom stereocenters. The summed E-state index contributed by atoms with van der Waals surface area (Å²) in [6, 6.07) is 3.60. The molecule has 1 saturated heterocycles. The van der Waals surface area contributed by atoms with Gasteiger partial charge in [-0.25, -0.2) is 4.98 Å². The van der Waals surface area contributed by atoms with Crippen LogP contribution in [0.3, 0.4) is 0 Å². The highest BCUT2D eigenvalue weighted by molar-refractivity contribution is 5.94. The molecule has 2 aromatic rings. The maximum atomic E-state index is 12.7. The summed E-state index contributed by atoms with van der Waals surface area (Å²) in [5, 5.41) is 0. The van der Waals surface area contributed by atoms with Crippen LogP contribution in [0.2, 0.25) is 0 Å². The molecule has 3 rings (SSSR count). The van der Waals surface area contributed by atoms with E-state index in [2.05, 4.69) is 4.98 Å². The molecule has 1 aliphatic rings. The predicted octanol–water partition coefficient (Wildman–Crippen LogP) is 1.25. The molecular formula is C16H19N3O3. The van der Waals surface area contributed by atoms with Crippen LogP contribution >= 0.6 is 0 Å². The van der Waals surface area contributed by atoms with Crippen molar-refractivity contribution >= 4 is 11.6 Å². The molecule has 1 amide bonds. The molecule has 22 heavy (non-hydrogen) atoms. The Kier molecular flexibility index (Phi) is 3.70. The minimum Gasteiger partial charge on any atom is -0.375 e. The lowest BCUT2D eigenvalue weighted by atomic mass is 10.1. The van der Waals surface area contributed by atoms with E-state index in [1.54, 1.807) is 17.2 Å². The first-order valence-electron chi connectivity index (χ1n) is 7.38. The maximum Gasteiger partial charge on any atom is 0.270 e. The summed E-state index contributed by atoms with van der Waals surface area (Å²) in [5.74, 6) is -0.281. The van der Waals surface area contributed by atoms with E-state index < -0.39 is 0 Å².